The highest BCUT2D eigenvalue weighted by molar-refractivity contribution is 6.34. The number of anilines is 2. The summed E-state index contributed by atoms with van der Waals surface area (Å²) < 4.78 is 0. The zero-order chi connectivity index (χ0) is 19.6. The van der Waals surface area contributed by atoms with Gasteiger partial charge >= 0.3 is 0 Å². The Bertz CT molecular complexity index is 1070. The maximum atomic E-state index is 12.8. The Hall–Kier alpha value is -3.55. The van der Waals surface area contributed by atoms with Crippen LogP contribution in [0.4, 0.5) is 17.1 Å². The van der Waals surface area contributed by atoms with Crippen LogP contribution in [-0.4, -0.2) is 22.6 Å². The molecule has 1 saturated carbocycles. The first kappa shape index (κ1) is 16.6. The summed E-state index contributed by atoms with van der Waals surface area (Å²) in [7, 11) is 0. The number of nitrogens with zero attached hydrogens (tertiary/aromatic N) is 2. The predicted molar refractivity (Wildman–Crippen MR) is 99.5 cm³/mol. The Morgan fingerprint density at radius 3 is 2.18 bits per heavy atom. The number of imide groups is 1. The molecule has 3 amide bonds. The van der Waals surface area contributed by atoms with Crippen LogP contribution in [0.5, 0.6) is 0 Å². The van der Waals surface area contributed by atoms with Gasteiger partial charge in [-0.2, -0.15) is 0 Å². The fraction of sp³-hybridized carbons (Fsp3) is 0.250. The largest absolute Gasteiger partial charge is 0.319 e. The van der Waals surface area contributed by atoms with Crippen molar-refractivity contribution in [1.82, 2.24) is 0 Å². The Balaban J connectivity index is 1.71. The van der Waals surface area contributed by atoms with Crippen LogP contribution in [0.15, 0.2) is 36.4 Å². The van der Waals surface area contributed by atoms with Gasteiger partial charge in [-0.1, -0.05) is 25.0 Å². The molecule has 0 bridgehead atoms. The summed E-state index contributed by atoms with van der Waals surface area (Å²) in [6.45, 7) is 0. The van der Waals surface area contributed by atoms with Crippen LogP contribution >= 0.6 is 0 Å². The highest BCUT2D eigenvalue weighted by atomic mass is 16.6. The fourth-order valence-corrected chi connectivity index (χ4v) is 4.65. The zero-order valence-corrected chi connectivity index (χ0v) is 14.7. The summed E-state index contributed by atoms with van der Waals surface area (Å²) >= 11 is 0. The van der Waals surface area contributed by atoms with E-state index in [-0.39, 0.29) is 34.1 Å². The molecule has 2 aromatic carbocycles. The first-order valence-corrected chi connectivity index (χ1v) is 9.06. The molecule has 140 valence electrons. The van der Waals surface area contributed by atoms with Gasteiger partial charge in [-0.05, 0) is 31.0 Å². The molecule has 1 N–H and O–H groups in total. The zero-order valence-electron chi connectivity index (χ0n) is 14.7. The van der Waals surface area contributed by atoms with E-state index in [2.05, 4.69) is 5.32 Å². The van der Waals surface area contributed by atoms with E-state index in [9.17, 15) is 24.5 Å². The van der Waals surface area contributed by atoms with E-state index in [1.165, 1.54) is 6.07 Å². The van der Waals surface area contributed by atoms with Crippen molar-refractivity contribution in [2.24, 2.45) is 0 Å². The number of hydrogen-bond donors (Lipinski definition) is 1. The molecule has 1 fully saturated rings. The molecule has 5 rings (SSSR count). The van der Waals surface area contributed by atoms with Crippen molar-refractivity contribution >= 4 is 34.8 Å². The molecule has 1 aliphatic carbocycles. The van der Waals surface area contributed by atoms with Crippen molar-refractivity contribution < 1.29 is 19.3 Å². The molecule has 0 radical (unpaired) electrons. The first-order chi connectivity index (χ1) is 13.4. The van der Waals surface area contributed by atoms with Gasteiger partial charge in [0.25, 0.3) is 17.5 Å². The third-order valence-electron chi connectivity index (χ3n) is 6.00. The molecule has 3 aliphatic rings. The SMILES string of the molecule is O=C1c2ccccc2C(=O)N1c1cc([N+](=O)[O-])c2c(c1)C1(CCCC1)C(=O)N2. The number of carbonyl (C=O) groups is 3. The lowest BCUT2D eigenvalue weighted by molar-refractivity contribution is -0.383. The maximum absolute atomic E-state index is 12.8. The second-order valence-corrected chi connectivity index (χ2v) is 7.38. The minimum absolute atomic E-state index is 0.124. The second-order valence-electron chi connectivity index (χ2n) is 7.38. The molecule has 0 saturated heterocycles. The highest BCUT2D eigenvalue weighted by Gasteiger charge is 2.51. The van der Waals surface area contributed by atoms with Crippen LogP contribution in [0.3, 0.4) is 0 Å². The van der Waals surface area contributed by atoms with Gasteiger partial charge in [0.1, 0.15) is 5.69 Å². The van der Waals surface area contributed by atoms with E-state index < -0.39 is 22.2 Å². The van der Waals surface area contributed by atoms with Crippen LogP contribution in [-0.2, 0) is 10.2 Å². The van der Waals surface area contributed by atoms with Crippen molar-refractivity contribution in [3.63, 3.8) is 0 Å². The molecule has 0 atom stereocenters. The number of rotatable bonds is 2. The van der Waals surface area contributed by atoms with Crippen molar-refractivity contribution in [1.29, 1.82) is 0 Å². The predicted octanol–water partition coefficient (Wildman–Crippen LogP) is 3.16. The molecule has 28 heavy (non-hydrogen) atoms. The van der Waals surface area contributed by atoms with Gasteiger partial charge < -0.3 is 5.32 Å². The van der Waals surface area contributed by atoms with E-state index in [4.69, 9.17) is 0 Å². The standard InChI is InChI=1S/C20H15N3O5/c24-17-12-5-1-2-6-13(12)18(25)22(17)11-9-14-16(15(10-11)23(27)28)21-19(26)20(14)7-3-4-8-20/h1-2,5-6,9-10H,3-4,7-8H2,(H,21,26). The molecular formula is C20H15N3O5. The van der Waals surface area contributed by atoms with Crippen LogP contribution in [0, 0.1) is 10.1 Å². The maximum Gasteiger partial charge on any atom is 0.295 e. The molecular weight excluding hydrogens is 362 g/mol. The van der Waals surface area contributed by atoms with E-state index in [0.29, 0.717) is 18.4 Å². The van der Waals surface area contributed by atoms with Gasteiger partial charge in [0.2, 0.25) is 5.91 Å². The summed E-state index contributed by atoms with van der Waals surface area (Å²) in [5.41, 5.74) is 0.212. The number of carbonyl (C=O) groups excluding carboxylic acids is 3. The average Bonchev–Trinajstić information content (AvgIpc) is 3.34. The lowest BCUT2D eigenvalue weighted by Gasteiger charge is -2.22. The fourth-order valence-electron chi connectivity index (χ4n) is 4.65. The number of nitro benzene ring substituents is 1. The summed E-state index contributed by atoms with van der Waals surface area (Å²) in [6, 6.07) is 9.22. The molecule has 2 aliphatic heterocycles. The van der Waals surface area contributed by atoms with Gasteiger partial charge in [0.15, 0.2) is 0 Å². The minimum Gasteiger partial charge on any atom is -0.319 e. The van der Waals surface area contributed by atoms with E-state index >= 15 is 0 Å². The lowest BCUT2D eigenvalue weighted by Crippen LogP contribution is -2.32. The van der Waals surface area contributed by atoms with E-state index in [1.54, 1.807) is 30.3 Å². The van der Waals surface area contributed by atoms with E-state index in [1.807, 2.05) is 0 Å². The number of amides is 3. The van der Waals surface area contributed by atoms with Gasteiger partial charge in [-0.15, -0.1) is 0 Å². The van der Waals surface area contributed by atoms with Crippen molar-refractivity contribution in [3.05, 3.63) is 63.2 Å². The molecule has 2 aromatic rings. The molecule has 8 heteroatoms. The number of nitrogens with one attached hydrogen (secondary N) is 1. The Kier molecular flexibility index (Phi) is 3.25. The lowest BCUT2D eigenvalue weighted by atomic mass is 9.79. The summed E-state index contributed by atoms with van der Waals surface area (Å²) in [5, 5.41) is 14.4. The normalized spacial score (nSPS) is 19.1. The van der Waals surface area contributed by atoms with Gasteiger partial charge in [-0.3, -0.25) is 24.5 Å². The second kappa shape index (κ2) is 5.48. The quantitative estimate of drug-likeness (QED) is 0.491. The Morgan fingerprint density at radius 2 is 1.61 bits per heavy atom. The number of fused-ring (bicyclic) bond motifs is 3. The van der Waals surface area contributed by atoms with Crippen molar-refractivity contribution in [2.45, 2.75) is 31.1 Å². The Labute approximate surface area is 159 Å². The van der Waals surface area contributed by atoms with Crippen molar-refractivity contribution in [3.8, 4) is 0 Å². The van der Waals surface area contributed by atoms with E-state index in [0.717, 1.165) is 17.7 Å². The topological polar surface area (TPSA) is 110 Å². The third kappa shape index (κ3) is 1.97. The number of hydrogen-bond acceptors (Lipinski definition) is 5. The van der Waals surface area contributed by atoms with Crippen LogP contribution in [0.2, 0.25) is 0 Å². The summed E-state index contributed by atoms with van der Waals surface area (Å²) in [4.78, 5) is 50.4. The molecule has 0 unspecified atom stereocenters. The van der Waals surface area contributed by atoms with Crippen molar-refractivity contribution in [2.75, 3.05) is 10.2 Å². The number of benzene rings is 2. The Morgan fingerprint density at radius 1 is 1.00 bits per heavy atom. The van der Waals surface area contributed by atoms with Gasteiger partial charge in [0, 0.05) is 11.6 Å². The third-order valence-corrected chi connectivity index (χ3v) is 6.00. The van der Waals surface area contributed by atoms with Crippen LogP contribution in [0.1, 0.15) is 52.0 Å². The van der Waals surface area contributed by atoms with Crippen LogP contribution < -0.4 is 10.2 Å². The molecule has 0 aromatic heterocycles. The number of nitro groups is 1. The average molecular weight is 377 g/mol. The van der Waals surface area contributed by atoms with Gasteiger partial charge in [-0.25, -0.2) is 4.90 Å². The highest BCUT2D eigenvalue weighted by Crippen LogP contribution is 2.53. The van der Waals surface area contributed by atoms with Gasteiger partial charge in [0.05, 0.1) is 27.2 Å². The summed E-state index contributed by atoms with van der Waals surface area (Å²) in [5.74, 6) is -1.29. The first-order valence-electron chi connectivity index (χ1n) is 9.06. The molecule has 1 spiro atoms. The minimum atomic E-state index is -0.825. The monoisotopic (exact) mass is 377 g/mol. The molecule has 2 heterocycles. The smallest absolute Gasteiger partial charge is 0.295 e. The molecule has 8 nitrogen and oxygen atoms in total. The van der Waals surface area contributed by atoms with Crippen LogP contribution in [0.25, 0.3) is 0 Å². The summed E-state index contributed by atoms with van der Waals surface area (Å²) in [6.07, 6.45) is 2.87.